The molecular formula is C19H38O. The minimum atomic E-state index is 0.866. The molecule has 120 valence electrons. The number of unbranched alkanes of at least 4 members (excludes halogenated alkanes) is 12. The SMILES string of the molecule is C=C(CC)OCCCCCCCCCCCCCCC. The van der Waals surface area contributed by atoms with Crippen molar-refractivity contribution >= 4 is 0 Å². The molecule has 1 nitrogen and oxygen atoms in total. The van der Waals surface area contributed by atoms with E-state index in [4.69, 9.17) is 4.74 Å². The summed E-state index contributed by atoms with van der Waals surface area (Å²) in [6.07, 6.45) is 19.1. The Morgan fingerprint density at radius 1 is 0.650 bits per heavy atom. The third kappa shape index (κ3) is 15.6. The molecule has 1 heteroatoms. The van der Waals surface area contributed by atoms with Crippen LogP contribution in [-0.4, -0.2) is 6.61 Å². The summed E-state index contributed by atoms with van der Waals surface area (Å²) in [6, 6.07) is 0. The summed E-state index contributed by atoms with van der Waals surface area (Å²) in [7, 11) is 0. The van der Waals surface area contributed by atoms with Gasteiger partial charge < -0.3 is 4.74 Å². The van der Waals surface area contributed by atoms with Crippen molar-refractivity contribution < 1.29 is 4.74 Å². The van der Waals surface area contributed by atoms with E-state index in [0.29, 0.717) is 0 Å². The average Bonchev–Trinajstić information content (AvgIpc) is 2.47. The molecule has 0 unspecified atom stereocenters. The Labute approximate surface area is 128 Å². The summed E-state index contributed by atoms with van der Waals surface area (Å²) in [5, 5.41) is 0. The summed E-state index contributed by atoms with van der Waals surface area (Å²) >= 11 is 0. The zero-order valence-corrected chi connectivity index (χ0v) is 14.2. The molecule has 0 atom stereocenters. The fourth-order valence-electron chi connectivity index (χ4n) is 2.44. The largest absolute Gasteiger partial charge is 0.499 e. The number of ether oxygens (including phenoxy) is 1. The van der Waals surface area contributed by atoms with Gasteiger partial charge in [0.05, 0.1) is 12.4 Å². The van der Waals surface area contributed by atoms with Crippen molar-refractivity contribution in [2.75, 3.05) is 6.61 Å². The van der Waals surface area contributed by atoms with E-state index in [2.05, 4.69) is 20.4 Å². The van der Waals surface area contributed by atoms with Crippen molar-refractivity contribution in [1.82, 2.24) is 0 Å². The van der Waals surface area contributed by atoms with Gasteiger partial charge in [-0.25, -0.2) is 0 Å². The van der Waals surface area contributed by atoms with Crippen molar-refractivity contribution in [3.05, 3.63) is 12.3 Å². The maximum absolute atomic E-state index is 5.50. The summed E-state index contributed by atoms with van der Waals surface area (Å²) < 4.78 is 5.50. The summed E-state index contributed by atoms with van der Waals surface area (Å²) in [6.45, 7) is 9.09. The molecular weight excluding hydrogens is 244 g/mol. The maximum atomic E-state index is 5.50. The molecule has 0 spiro atoms. The van der Waals surface area contributed by atoms with Crippen LogP contribution < -0.4 is 0 Å². The second-order valence-electron chi connectivity index (χ2n) is 5.98. The molecule has 0 bridgehead atoms. The van der Waals surface area contributed by atoms with Crippen LogP contribution in [0.2, 0.25) is 0 Å². The highest BCUT2D eigenvalue weighted by molar-refractivity contribution is 4.79. The molecule has 0 N–H and O–H groups in total. The third-order valence-corrected chi connectivity index (χ3v) is 3.95. The molecule has 0 amide bonds. The smallest absolute Gasteiger partial charge is 0.0885 e. The van der Waals surface area contributed by atoms with Crippen molar-refractivity contribution in [1.29, 1.82) is 0 Å². The van der Waals surface area contributed by atoms with Crippen LogP contribution in [0.5, 0.6) is 0 Å². The van der Waals surface area contributed by atoms with E-state index in [-0.39, 0.29) is 0 Å². The molecule has 0 saturated heterocycles. The van der Waals surface area contributed by atoms with Gasteiger partial charge in [-0.15, -0.1) is 0 Å². The first-order valence-corrected chi connectivity index (χ1v) is 9.11. The first-order chi connectivity index (χ1) is 9.81. The molecule has 0 rings (SSSR count). The van der Waals surface area contributed by atoms with Gasteiger partial charge in [-0.2, -0.15) is 0 Å². The fourth-order valence-corrected chi connectivity index (χ4v) is 2.44. The van der Waals surface area contributed by atoms with Gasteiger partial charge in [0.25, 0.3) is 0 Å². The molecule has 20 heavy (non-hydrogen) atoms. The van der Waals surface area contributed by atoms with E-state index in [1.165, 1.54) is 83.5 Å². The average molecular weight is 283 g/mol. The lowest BCUT2D eigenvalue weighted by atomic mass is 10.0. The van der Waals surface area contributed by atoms with E-state index >= 15 is 0 Å². The quantitative estimate of drug-likeness (QED) is 0.218. The van der Waals surface area contributed by atoms with Crippen LogP contribution in [0.4, 0.5) is 0 Å². The predicted octanol–water partition coefficient (Wildman–Crippen LogP) is 7.02. The third-order valence-electron chi connectivity index (χ3n) is 3.95. The van der Waals surface area contributed by atoms with Crippen LogP contribution in [0, 0.1) is 0 Å². The fraction of sp³-hybridized carbons (Fsp3) is 0.895. The molecule has 0 aliphatic rings. The monoisotopic (exact) mass is 282 g/mol. The molecule has 0 aromatic rings. The van der Waals surface area contributed by atoms with Gasteiger partial charge in [-0.05, 0) is 6.42 Å². The molecule has 0 aromatic heterocycles. The molecule has 0 aliphatic heterocycles. The topological polar surface area (TPSA) is 9.23 Å². The van der Waals surface area contributed by atoms with Gasteiger partial charge in [-0.1, -0.05) is 97.5 Å². The molecule has 0 fully saturated rings. The molecule has 0 aliphatic carbocycles. The standard InChI is InChI=1S/C19H38O/c1-4-6-7-8-9-10-11-12-13-14-15-16-17-18-20-19(3)5-2/h3-18H2,1-2H3. The molecule has 0 radical (unpaired) electrons. The second-order valence-corrected chi connectivity index (χ2v) is 5.98. The normalized spacial score (nSPS) is 10.7. The Bertz CT molecular complexity index is 198. The van der Waals surface area contributed by atoms with Gasteiger partial charge in [-0.3, -0.25) is 0 Å². The highest BCUT2D eigenvalue weighted by atomic mass is 16.5. The highest BCUT2D eigenvalue weighted by Crippen LogP contribution is 2.12. The van der Waals surface area contributed by atoms with Crippen molar-refractivity contribution in [3.63, 3.8) is 0 Å². The van der Waals surface area contributed by atoms with Crippen LogP contribution >= 0.6 is 0 Å². The minimum absolute atomic E-state index is 0.866. The Hall–Kier alpha value is -0.460. The molecule has 0 saturated carbocycles. The van der Waals surface area contributed by atoms with Gasteiger partial charge in [0, 0.05) is 6.42 Å². The van der Waals surface area contributed by atoms with E-state index in [1.807, 2.05) is 0 Å². The number of allylic oxidation sites excluding steroid dienone is 1. The molecule has 0 aromatic carbocycles. The van der Waals surface area contributed by atoms with Crippen LogP contribution in [0.15, 0.2) is 12.3 Å². The Kier molecular flexibility index (Phi) is 16.2. The maximum Gasteiger partial charge on any atom is 0.0885 e. The van der Waals surface area contributed by atoms with Gasteiger partial charge in [0.1, 0.15) is 0 Å². The summed E-state index contributed by atoms with van der Waals surface area (Å²) in [5.41, 5.74) is 0. The lowest BCUT2D eigenvalue weighted by Crippen LogP contribution is -1.93. The first-order valence-electron chi connectivity index (χ1n) is 9.11. The van der Waals surface area contributed by atoms with Crippen molar-refractivity contribution in [3.8, 4) is 0 Å². The van der Waals surface area contributed by atoms with Gasteiger partial charge in [0.2, 0.25) is 0 Å². The lowest BCUT2D eigenvalue weighted by Gasteiger charge is -2.06. The van der Waals surface area contributed by atoms with E-state index < -0.39 is 0 Å². The zero-order chi connectivity index (χ0) is 14.9. The van der Waals surface area contributed by atoms with Crippen LogP contribution in [0.3, 0.4) is 0 Å². The number of hydrogen-bond donors (Lipinski definition) is 0. The van der Waals surface area contributed by atoms with Crippen LogP contribution in [-0.2, 0) is 4.74 Å². The van der Waals surface area contributed by atoms with Crippen LogP contribution in [0.25, 0.3) is 0 Å². The van der Waals surface area contributed by atoms with Gasteiger partial charge >= 0.3 is 0 Å². The lowest BCUT2D eigenvalue weighted by molar-refractivity contribution is 0.199. The van der Waals surface area contributed by atoms with E-state index in [0.717, 1.165) is 18.8 Å². The van der Waals surface area contributed by atoms with Gasteiger partial charge in [0.15, 0.2) is 0 Å². The van der Waals surface area contributed by atoms with E-state index in [9.17, 15) is 0 Å². The minimum Gasteiger partial charge on any atom is -0.499 e. The summed E-state index contributed by atoms with van der Waals surface area (Å²) in [4.78, 5) is 0. The Balaban J connectivity index is 2.97. The second kappa shape index (κ2) is 16.6. The molecule has 0 heterocycles. The van der Waals surface area contributed by atoms with Crippen molar-refractivity contribution in [2.45, 2.75) is 104 Å². The van der Waals surface area contributed by atoms with Crippen LogP contribution in [0.1, 0.15) is 104 Å². The number of rotatable bonds is 16. The Morgan fingerprint density at radius 3 is 1.45 bits per heavy atom. The zero-order valence-electron chi connectivity index (χ0n) is 14.2. The number of hydrogen-bond acceptors (Lipinski definition) is 1. The predicted molar refractivity (Wildman–Crippen MR) is 91.1 cm³/mol. The highest BCUT2D eigenvalue weighted by Gasteiger charge is 1.94. The van der Waals surface area contributed by atoms with E-state index in [1.54, 1.807) is 0 Å². The first kappa shape index (κ1) is 19.5. The Morgan fingerprint density at radius 2 is 1.05 bits per heavy atom. The summed E-state index contributed by atoms with van der Waals surface area (Å²) in [5.74, 6) is 0.934. The van der Waals surface area contributed by atoms with Crippen molar-refractivity contribution in [2.24, 2.45) is 0 Å².